The van der Waals surface area contributed by atoms with E-state index < -0.39 is 72.0 Å². The quantitative estimate of drug-likeness (QED) is 0.228. The Kier molecular flexibility index (Phi) is 7.35. The van der Waals surface area contributed by atoms with E-state index in [9.17, 15) is 46.1 Å². The highest BCUT2D eigenvalue weighted by atomic mass is 79.9. The molecule has 0 spiro atoms. The van der Waals surface area contributed by atoms with Crippen molar-refractivity contribution in [2.75, 3.05) is 4.90 Å². The Hall–Kier alpha value is -2.84. The number of halogens is 7. The van der Waals surface area contributed by atoms with Gasteiger partial charge in [0.05, 0.1) is 34.8 Å². The van der Waals surface area contributed by atoms with E-state index in [2.05, 4.69) is 15.9 Å². The fourth-order valence-electron chi connectivity index (χ4n) is 6.21. The van der Waals surface area contributed by atoms with Gasteiger partial charge in [-0.25, -0.2) is 4.90 Å². The minimum absolute atomic E-state index is 0.0203. The Morgan fingerprint density at radius 1 is 0.976 bits per heavy atom. The lowest BCUT2D eigenvalue weighted by atomic mass is 9.54. The van der Waals surface area contributed by atoms with Crippen molar-refractivity contribution in [3.63, 3.8) is 0 Å². The zero-order valence-electron chi connectivity index (χ0n) is 21.6. The highest BCUT2D eigenvalue weighted by molar-refractivity contribution is 9.10. The predicted molar refractivity (Wildman–Crippen MR) is 138 cm³/mol. The van der Waals surface area contributed by atoms with E-state index >= 15 is 0 Å². The van der Waals surface area contributed by atoms with Crippen molar-refractivity contribution in [3.8, 4) is 5.75 Å². The monoisotopic (exact) mass is 645 g/mol. The summed E-state index contributed by atoms with van der Waals surface area (Å²) >= 11 is 3.31. The van der Waals surface area contributed by atoms with Gasteiger partial charge in [0.25, 0.3) is 0 Å². The Balaban J connectivity index is 1.61. The highest BCUT2D eigenvalue weighted by Gasteiger charge is 2.58. The van der Waals surface area contributed by atoms with E-state index in [-0.39, 0.29) is 30.6 Å². The smallest absolute Gasteiger partial charge is 0.487 e. The number of phenols is 1. The first-order chi connectivity index (χ1) is 19.0. The summed E-state index contributed by atoms with van der Waals surface area (Å²) in [5.41, 5.74) is -2.82. The van der Waals surface area contributed by atoms with E-state index in [0.29, 0.717) is 38.1 Å². The molecule has 4 atom stereocenters. The number of aromatic hydroxyl groups is 1. The molecule has 2 aliphatic heterocycles. The van der Waals surface area contributed by atoms with Crippen LogP contribution in [0.5, 0.6) is 5.75 Å². The summed E-state index contributed by atoms with van der Waals surface area (Å²) in [6, 6.07) is 5.21. The molecule has 2 aromatic carbocycles. The van der Waals surface area contributed by atoms with Crippen LogP contribution in [-0.4, -0.2) is 29.1 Å². The molecule has 14 heteroatoms. The summed E-state index contributed by atoms with van der Waals surface area (Å²) in [5, 5.41) is 21.5. The van der Waals surface area contributed by atoms with Crippen molar-refractivity contribution in [2.45, 2.75) is 45.1 Å². The summed E-state index contributed by atoms with van der Waals surface area (Å²) in [5.74, 6) is -5.29. The maximum absolute atomic E-state index is 13.8. The lowest BCUT2D eigenvalue weighted by Gasteiger charge is -2.43. The van der Waals surface area contributed by atoms with Crippen molar-refractivity contribution in [2.24, 2.45) is 23.7 Å². The number of carbonyl (C=O) groups excluding carboxylic acids is 2. The van der Waals surface area contributed by atoms with Gasteiger partial charge < -0.3 is 14.8 Å². The molecule has 3 aliphatic rings. The fourth-order valence-corrected chi connectivity index (χ4v) is 6.59. The number of allylic oxidation sites excluding steroid dienone is 2. The van der Waals surface area contributed by atoms with Crippen LogP contribution in [0.4, 0.5) is 32.0 Å². The zero-order chi connectivity index (χ0) is 30.2. The highest BCUT2D eigenvalue weighted by Crippen LogP contribution is 2.54. The number of nitrogens with zero attached hydrogens (tertiary/aromatic N) is 1. The van der Waals surface area contributed by atoms with Gasteiger partial charge in [0.2, 0.25) is 11.8 Å². The number of alkyl halides is 6. The number of anilines is 1. The molecule has 5 rings (SSSR count). The van der Waals surface area contributed by atoms with Gasteiger partial charge in [-0.2, -0.15) is 26.3 Å². The minimum atomic E-state index is -5.17. The molecule has 2 heterocycles. The number of carbonyl (C=O) groups is 2. The molecule has 0 saturated carbocycles. The van der Waals surface area contributed by atoms with Gasteiger partial charge in [-0.3, -0.25) is 9.59 Å². The second kappa shape index (κ2) is 10.2. The molecule has 6 nitrogen and oxygen atoms in total. The van der Waals surface area contributed by atoms with Crippen LogP contribution in [0.3, 0.4) is 0 Å². The topological polar surface area (TPSA) is 87.1 Å². The number of hydrogen-bond acceptors (Lipinski definition) is 5. The molecule has 2 saturated heterocycles. The third kappa shape index (κ3) is 5.18. The molecule has 1 aliphatic carbocycles. The van der Waals surface area contributed by atoms with Crippen molar-refractivity contribution >= 4 is 40.6 Å². The second-order valence-corrected chi connectivity index (χ2v) is 11.7. The number of hydrogen-bond donors (Lipinski definition) is 2. The Morgan fingerprint density at radius 3 is 2.15 bits per heavy atom. The molecule has 2 fully saturated rings. The third-order valence-corrected chi connectivity index (χ3v) is 8.50. The largest absolute Gasteiger partial charge is 0.508 e. The zero-order valence-corrected chi connectivity index (χ0v) is 23.1. The molecular formula is C27H23BBrF6NO5. The van der Waals surface area contributed by atoms with Crippen molar-refractivity contribution in [1.29, 1.82) is 0 Å². The number of imide groups is 1. The van der Waals surface area contributed by atoms with Crippen molar-refractivity contribution in [1.82, 2.24) is 0 Å². The van der Waals surface area contributed by atoms with Crippen LogP contribution < -0.4 is 4.90 Å². The third-order valence-electron chi connectivity index (χ3n) is 8.01. The van der Waals surface area contributed by atoms with E-state index in [1.807, 2.05) is 0 Å². The van der Waals surface area contributed by atoms with Gasteiger partial charge in [0.1, 0.15) is 5.75 Å². The van der Waals surface area contributed by atoms with Gasteiger partial charge in [0.15, 0.2) is 0 Å². The average Bonchev–Trinajstić information content (AvgIpc) is 3.13. The van der Waals surface area contributed by atoms with Crippen LogP contribution in [0.25, 0.3) is 0 Å². The first-order valence-corrected chi connectivity index (χ1v) is 13.5. The molecular weight excluding hydrogens is 623 g/mol. The van der Waals surface area contributed by atoms with Gasteiger partial charge in [-0.15, -0.1) is 0 Å². The lowest BCUT2D eigenvalue weighted by molar-refractivity contribution is -0.143. The van der Waals surface area contributed by atoms with Gasteiger partial charge in [-0.1, -0.05) is 35.4 Å². The summed E-state index contributed by atoms with van der Waals surface area (Å²) in [6.07, 6.45) is -11.3. The molecule has 0 aromatic heterocycles. The second-order valence-electron chi connectivity index (χ2n) is 10.8. The van der Waals surface area contributed by atoms with E-state index in [4.69, 9.17) is 4.65 Å². The average molecular weight is 646 g/mol. The van der Waals surface area contributed by atoms with Crippen molar-refractivity contribution < 1.29 is 50.7 Å². The number of rotatable bonds is 3. The number of benzene rings is 2. The van der Waals surface area contributed by atoms with Crippen LogP contribution in [0.1, 0.15) is 49.5 Å². The normalized spacial score (nSPS) is 25.2. The van der Waals surface area contributed by atoms with E-state index in [1.54, 1.807) is 26.0 Å². The van der Waals surface area contributed by atoms with E-state index in [0.717, 1.165) is 0 Å². The number of amides is 2. The van der Waals surface area contributed by atoms with Gasteiger partial charge in [-0.05, 0) is 66.5 Å². The SMILES string of the molecule is CC(C)C1=C2B(O)O[C@H](c3cc(Br)ccc3O)C[C@H]2[C@H]2C(=O)N(c3cc(C(F)(F)F)cc(C(F)(F)F)c3)C(=O)[C@H]2C1. The molecule has 218 valence electrons. The molecule has 2 N–H and O–H groups in total. The number of fused-ring (bicyclic) bond motifs is 3. The first-order valence-electron chi connectivity index (χ1n) is 12.7. The van der Waals surface area contributed by atoms with Crippen LogP contribution in [0, 0.1) is 23.7 Å². The molecule has 0 bridgehead atoms. The maximum Gasteiger partial charge on any atom is 0.487 e. The van der Waals surface area contributed by atoms with Crippen LogP contribution in [0.15, 0.2) is 51.9 Å². The predicted octanol–water partition coefficient (Wildman–Crippen LogP) is 6.45. The molecule has 0 radical (unpaired) electrons. The number of phenolic OH excluding ortho intramolecular Hbond substituents is 1. The molecule has 2 aromatic rings. The van der Waals surface area contributed by atoms with E-state index in [1.165, 1.54) is 6.07 Å². The summed E-state index contributed by atoms with van der Waals surface area (Å²) in [7, 11) is -1.52. The standard InChI is InChI=1S/C27H23BBrF6NO5/c1-11(2)16-9-19-22(18-10-21(41-28(40)23(16)18)17-8-14(29)3-4-20(17)37)25(39)36(24(19)38)15-6-12(26(30,31)32)5-13(7-15)27(33,34)35/h3-8,11,18-19,21-22,37,40H,9-10H2,1-2H3/t18-,19-,21-,22+/m0/s1. The molecule has 41 heavy (non-hydrogen) atoms. The Morgan fingerprint density at radius 2 is 1.59 bits per heavy atom. The molecule has 2 amide bonds. The summed E-state index contributed by atoms with van der Waals surface area (Å²) in [6.45, 7) is 3.61. The van der Waals surface area contributed by atoms with Gasteiger partial charge in [0, 0.05) is 10.0 Å². The lowest BCUT2D eigenvalue weighted by Crippen LogP contribution is -2.45. The van der Waals surface area contributed by atoms with Crippen molar-refractivity contribution in [3.05, 3.63) is 68.6 Å². The summed E-state index contributed by atoms with van der Waals surface area (Å²) < 4.78 is 87.8. The maximum atomic E-state index is 13.8. The van der Waals surface area contributed by atoms with Crippen LogP contribution in [0.2, 0.25) is 0 Å². The summed E-state index contributed by atoms with van der Waals surface area (Å²) in [4.78, 5) is 27.9. The molecule has 0 unspecified atom stereocenters. The first kappa shape index (κ1) is 29.7. The van der Waals surface area contributed by atoms with Gasteiger partial charge >= 0.3 is 19.5 Å². The van der Waals surface area contributed by atoms with Crippen LogP contribution >= 0.6 is 15.9 Å². The van der Waals surface area contributed by atoms with Crippen LogP contribution in [-0.2, 0) is 26.6 Å². The Labute approximate surface area is 239 Å². The fraction of sp³-hybridized carbons (Fsp3) is 0.407. The minimum Gasteiger partial charge on any atom is -0.508 e. The Bertz CT molecular complexity index is 1430.